The first-order valence-electron chi connectivity index (χ1n) is 8.92. The topological polar surface area (TPSA) is 74.3 Å². The molecule has 1 aliphatic heterocycles. The Bertz CT molecular complexity index is 775. The molecule has 0 radical (unpaired) electrons. The van der Waals surface area contributed by atoms with E-state index in [4.69, 9.17) is 0 Å². The van der Waals surface area contributed by atoms with E-state index < -0.39 is 0 Å². The van der Waals surface area contributed by atoms with Crippen molar-refractivity contribution < 1.29 is 9.59 Å². The van der Waals surface area contributed by atoms with Crippen molar-refractivity contribution in [3.05, 3.63) is 46.5 Å². The summed E-state index contributed by atoms with van der Waals surface area (Å²) >= 11 is 1.55. The molecule has 26 heavy (non-hydrogen) atoms. The molecule has 0 saturated heterocycles. The van der Waals surface area contributed by atoms with E-state index in [0.29, 0.717) is 10.7 Å². The molecule has 1 aromatic heterocycles. The van der Waals surface area contributed by atoms with Crippen molar-refractivity contribution in [1.29, 1.82) is 0 Å². The van der Waals surface area contributed by atoms with Gasteiger partial charge in [-0.15, -0.1) is 11.3 Å². The van der Waals surface area contributed by atoms with Crippen LogP contribution in [0.15, 0.2) is 30.3 Å². The lowest BCUT2D eigenvalue weighted by Gasteiger charge is -2.23. The first kappa shape index (κ1) is 18.5. The highest BCUT2D eigenvalue weighted by Crippen LogP contribution is 2.28. The molecule has 1 aromatic carbocycles. The molecule has 2 aromatic rings. The van der Waals surface area contributed by atoms with Gasteiger partial charge < -0.3 is 10.6 Å². The van der Waals surface area contributed by atoms with Crippen LogP contribution in [0.4, 0.5) is 5.13 Å². The molecule has 0 spiro atoms. The third-order valence-electron chi connectivity index (χ3n) is 4.41. The molecule has 2 N–H and O–H groups in total. The molecule has 6 nitrogen and oxygen atoms in total. The predicted octanol–water partition coefficient (Wildman–Crippen LogP) is 2.67. The Morgan fingerprint density at radius 2 is 2.08 bits per heavy atom. The number of nitrogens with one attached hydrogen (secondary N) is 2. The SMILES string of the molecule is CCN1CCc2nc(NC(=O)CC(C)NC(=O)c3ccccc3)sc2C1. The number of thiazole rings is 1. The van der Waals surface area contributed by atoms with Crippen molar-refractivity contribution >= 4 is 28.3 Å². The number of likely N-dealkylation sites (N-methyl/N-ethyl adjacent to an activating group) is 1. The van der Waals surface area contributed by atoms with Gasteiger partial charge in [-0.3, -0.25) is 14.5 Å². The summed E-state index contributed by atoms with van der Waals surface area (Å²) in [6.45, 7) is 6.93. The molecule has 1 aliphatic rings. The molecule has 1 atom stereocenters. The first-order chi connectivity index (χ1) is 12.5. The average molecular weight is 372 g/mol. The van der Waals surface area contributed by atoms with Crippen LogP contribution in [0.3, 0.4) is 0 Å². The van der Waals surface area contributed by atoms with Crippen LogP contribution in [0, 0.1) is 0 Å². The highest BCUT2D eigenvalue weighted by Gasteiger charge is 2.21. The van der Waals surface area contributed by atoms with Crippen molar-refractivity contribution in [3.8, 4) is 0 Å². The Morgan fingerprint density at radius 1 is 1.31 bits per heavy atom. The molecule has 1 unspecified atom stereocenters. The molecular formula is C19H24N4O2S. The van der Waals surface area contributed by atoms with Gasteiger partial charge in [-0.05, 0) is 25.6 Å². The molecule has 2 heterocycles. The number of hydrogen-bond donors (Lipinski definition) is 2. The fourth-order valence-electron chi connectivity index (χ4n) is 2.97. The number of rotatable bonds is 6. The van der Waals surface area contributed by atoms with Crippen LogP contribution in [0.1, 0.15) is 41.2 Å². The lowest BCUT2D eigenvalue weighted by molar-refractivity contribution is -0.116. The van der Waals surface area contributed by atoms with Gasteiger partial charge in [0.05, 0.1) is 5.69 Å². The molecule has 7 heteroatoms. The van der Waals surface area contributed by atoms with Crippen LogP contribution in [0.25, 0.3) is 0 Å². The second-order valence-electron chi connectivity index (χ2n) is 6.50. The third kappa shape index (κ3) is 4.68. The average Bonchev–Trinajstić information content (AvgIpc) is 3.03. The van der Waals surface area contributed by atoms with E-state index in [2.05, 4.69) is 27.4 Å². The number of benzene rings is 1. The second kappa shape index (κ2) is 8.42. The Balaban J connectivity index is 1.51. The minimum absolute atomic E-state index is 0.135. The van der Waals surface area contributed by atoms with Crippen LogP contribution < -0.4 is 10.6 Å². The number of fused-ring (bicyclic) bond motifs is 1. The van der Waals surface area contributed by atoms with E-state index in [1.807, 2.05) is 25.1 Å². The molecule has 138 valence electrons. The number of amides is 2. The summed E-state index contributed by atoms with van der Waals surface area (Å²) in [6, 6.07) is 8.74. The zero-order chi connectivity index (χ0) is 18.5. The Labute approximate surface area is 157 Å². The molecule has 3 rings (SSSR count). The van der Waals surface area contributed by atoms with Crippen LogP contribution in [-0.4, -0.2) is 40.8 Å². The summed E-state index contributed by atoms with van der Waals surface area (Å²) in [6.07, 6.45) is 1.14. The number of hydrogen-bond acceptors (Lipinski definition) is 5. The first-order valence-corrected chi connectivity index (χ1v) is 9.73. The van der Waals surface area contributed by atoms with E-state index in [-0.39, 0.29) is 24.3 Å². The predicted molar refractivity (Wildman–Crippen MR) is 103 cm³/mol. The standard InChI is InChI=1S/C19H24N4O2S/c1-3-23-10-9-15-16(12-23)26-19(21-15)22-17(24)11-13(2)20-18(25)14-7-5-4-6-8-14/h4-8,13H,3,9-12H2,1-2H3,(H,20,25)(H,21,22,24). The molecule has 0 bridgehead atoms. The summed E-state index contributed by atoms with van der Waals surface area (Å²) in [5, 5.41) is 6.38. The van der Waals surface area contributed by atoms with Crippen LogP contribution in [0.5, 0.6) is 0 Å². The second-order valence-corrected chi connectivity index (χ2v) is 7.58. The van der Waals surface area contributed by atoms with E-state index in [0.717, 1.165) is 31.7 Å². The summed E-state index contributed by atoms with van der Waals surface area (Å²) < 4.78 is 0. The van der Waals surface area contributed by atoms with E-state index in [9.17, 15) is 9.59 Å². The number of anilines is 1. The minimum Gasteiger partial charge on any atom is -0.349 e. The Morgan fingerprint density at radius 3 is 2.81 bits per heavy atom. The lowest BCUT2D eigenvalue weighted by atomic mass is 10.1. The van der Waals surface area contributed by atoms with E-state index in [1.165, 1.54) is 4.88 Å². The zero-order valence-electron chi connectivity index (χ0n) is 15.1. The molecule has 0 saturated carbocycles. The maximum absolute atomic E-state index is 12.3. The maximum Gasteiger partial charge on any atom is 0.251 e. The fourth-order valence-corrected chi connectivity index (χ4v) is 4.03. The highest BCUT2D eigenvalue weighted by molar-refractivity contribution is 7.15. The van der Waals surface area contributed by atoms with Crippen molar-refractivity contribution in [2.75, 3.05) is 18.4 Å². The van der Waals surface area contributed by atoms with Gasteiger partial charge in [0.15, 0.2) is 5.13 Å². The molecule has 0 fully saturated rings. The van der Waals surface area contributed by atoms with Crippen molar-refractivity contribution in [2.45, 2.75) is 39.3 Å². The van der Waals surface area contributed by atoms with Gasteiger partial charge in [-0.1, -0.05) is 25.1 Å². The Hall–Kier alpha value is -2.25. The monoisotopic (exact) mass is 372 g/mol. The highest BCUT2D eigenvalue weighted by atomic mass is 32.1. The van der Waals surface area contributed by atoms with Gasteiger partial charge in [0.25, 0.3) is 5.91 Å². The normalized spacial score (nSPS) is 15.2. The number of aromatic nitrogens is 1. The summed E-state index contributed by atoms with van der Waals surface area (Å²) in [5.74, 6) is -0.306. The largest absolute Gasteiger partial charge is 0.349 e. The van der Waals surface area contributed by atoms with Gasteiger partial charge in [0.2, 0.25) is 5.91 Å². The van der Waals surface area contributed by atoms with Crippen LogP contribution in [-0.2, 0) is 17.8 Å². The zero-order valence-corrected chi connectivity index (χ0v) is 15.9. The maximum atomic E-state index is 12.3. The summed E-state index contributed by atoms with van der Waals surface area (Å²) in [4.78, 5) is 32.5. The number of carbonyl (C=O) groups excluding carboxylic acids is 2. The summed E-state index contributed by atoms with van der Waals surface area (Å²) in [5.41, 5.74) is 1.69. The quantitative estimate of drug-likeness (QED) is 0.818. The van der Waals surface area contributed by atoms with Crippen molar-refractivity contribution in [1.82, 2.24) is 15.2 Å². The lowest BCUT2D eigenvalue weighted by Crippen LogP contribution is -2.35. The number of carbonyl (C=O) groups is 2. The van der Waals surface area contributed by atoms with Gasteiger partial charge >= 0.3 is 0 Å². The van der Waals surface area contributed by atoms with Crippen LogP contribution in [0.2, 0.25) is 0 Å². The smallest absolute Gasteiger partial charge is 0.251 e. The van der Waals surface area contributed by atoms with E-state index >= 15 is 0 Å². The molecular weight excluding hydrogens is 348 g/mol. The Kier molecular flexibility index (Phi) is 6.00. The minimum atomic E-state index is -0.257. The van der Waals surface area contributed by atoms with Gasteiger partial charge in [0, 0.05) is 42.4 Å². The van der Waals surface area contributed by atoms with Crippen LogP contribution >= 0.6 is 11.3 Å². The molecule has 2 amide bonds. The van der Waals surface area contributed by atoms with E-state index in [1.54, 1.807) is 23.5 Å². The molecule has 0 aliphatic carbocycles. The number of nitrogens with zero attached hydrogens (tertiary/aromatic N) is 2. The summed E-state index contributed by atoms with van der Waals surface area (Å²) in [7, 11) is 0. The van der Waals surface area contributed by atoms with Gasteiger partial charge in [0.1, 0.15) is 0 Å². The van der Waals surface area contributed by atoms with Gasteiger partial charge in [-0.2, -0.15) is 0 Å². The third-order valence-corrected chi connectivity index (χ3v) is 5.41. The van der Waals surface area contributed by atoms with Crippen molar-refractivity contribution in [2.24, 2.45) is 0 Å². The fraction of sp³-hybridized carbons (Fsp3) is 0.421. The van der Waals surface area contributed by atoms with Crippen molar-refractivity contribution in [3.63, 3.8) is 0 Å². The van der Waals surface area contributed by atoms with Gasteiger partial charge in [-0.25, -0.2) is 4.98 Å².